The van der Waals surface area contributed by atoms with Crippen LogP contribution in [-0.4, -0.2) is 21.2 Å². The van der Waals surface area contributed by atoms with Gasteiger partial charge >= 0.3 is 6.18 Å². The van der Waals surface area contributed by atoms with E-state index in [0.29, 0.717) is 17.7 Å². The van der Waals surface area contributed by atoms with Gasteiger partial charge < -0.3 is 9.88 Å². The highest BCUT2D eigenvalue weighted by atomic mass is 19.4. The van der Waals surface area contributed by atoms with Crippen LogP contribution < -0.4 is 5.32 Å². The molecule has 1 atom stereocenters. The number of carbonyl (C=O) groups excluding carboxylic acids is 2. The Bertz CT molecular complexity index is 783. The van der Waals surface area contributed by atoms with Crippen LogP contribution >= 0.6 is 0 Å². The van der Waals surface area contributed by atoms with Crippen LogP contribution in [0.1, 0.15) is 40.6 Å². The normalized spacial score (nSPS) is 17.5. The Hall–Kier alpha value is -2.64. The molecule has 0 aromatic carbocycles. The number of fused-ring (bicyclic) bond motifs is 1. The number of Topliss-reactive ketones (excluding diaryl/α,β-unsaturated/α-hetero) is 1. The van der Waals surface area contributed by atoms with Gasteiger partial charge in [-0.25, -0.2) is 0 Å². The molecule has 3 heterocycles. The Balaban J connectivity index is 1.69. The first-order chi connectivity index (χ1) is 11.4. The Labute approximate surface area is 135 Å². The maximum Gasteiger partial charge on any atom is 0.433 e. The zero-order chi connectivity index (χ0) is 17.3. The third-order valence-corrected chi connectivity index (χ3v) is 3.93. The fourth-order valence-electron chi connectivity index (χ4n) is 2.74. The van der Waals surface area contributed by atoms with Gasteiger partial charge in [0.1, 0.15) is 11.7 Å². The number of hydrogen-bond acceptors (Lipinski definition) is 3. The molecule has 126 valence electrons. The van der Waals surface area contributed by atoms with Gasteiger partial charge in [-0.1, -0.05) is 0 Å². The minimum absolute atomic E-state index is 0.0204. The third kappa shape index (κ3) is 3.17. The lowest BCUT2D eigenvalue weighted by atomic mass is 10.0. The van der Waals surface area contributed by atoms with Gasteiger partial charge in [-0.05, 0) is 36.2 Å². The van der Waals surface area contributed by atoms with Crippen molar-refractivity contribution in [3.8, 4) is 0 Å². The van der Waals surface area contributed by atoms with E-state index in [2.05, 4.69) is 10.3 Å². The van der Waals surface area contributed by atoms with E-state index in [4.69, 9.17) is 0 Å². The summed E-state index contributed by atoms with van der Waals surface area (Å²) in [5.74, 6) is -0.349. The fourth-order valence-corrected chi connectivity index (χ4v) is 2.74. The summed E-state index contributed by atoms with van der Waals surface area (Å²) in [6.45, 7) is -0.0362. The van der Waals surface area contributed by atoms with Gasteiger partial charge in [0, 0.05) is 25.4 Å². The molecular formula is C16H14F3N3O2. The molecule has 1 unspecified atom stereocenters. The van der Waals surface area contributed by atoms with Gasteiger partial charge in [0.15, 0.2) is 5.78 Å². The molecule has 1 amide bonds. The number of ketones is 1. The minimum Gasteiger partial charge on any atom is -0.350 e. The monoisotopic (exact) mass is 337 g/mol. The zero-order valence-electron chi connectivity index (χ0n) is 12.5. The molecule has 2 aromatic rings. The van der Waals surface area contributed by atoms with E-state index in [0.717, 1.165) is 12.3 Å². The second-order valence-corrected chi connectivity index (χ2v) is 5.54. The molecule has 0 saturated carbocycles. The highest BCUT2D eigenvalue weighted by molar-refractivity contribution is 5.97. The van der Waals surface area contributed by atoms with Crippen LogP contribution in [0.2, 0.25) is 0 Å². The second kappa shape index (κ2) is 6.10. The first-order valence-corrected chi connectivity index (χ1v) is 7.36. The molecule has 24 heavy (non-hydrogen) atoms. The predicted molar refractivity (Wildman–Crippen MR) is 78.1 cm³/mol. The van der Waals surface area contributed by atoms with Gasteiger partial charge in [-0.2, -0.15) is 13.2 Å². The number of halogens is 3. The second-order valence-electron chi connectivity index (χ2n) is 5.54. The molecule has 1 aliphatic heterocycles. The van der Waals surface area contributed by atoms with Gasteiger partial charge in [0.2, 0.25) is 5.91 Å². The summed E-state index contributed by atoms with van der Waals surface area (Å²) in [5, 5.41) is 2.63. The average molecular weight is 337 g/mol. The molecule has 8 heteroatoms. The van der Waals surface area contributed by atoms with E-state index in [1.807, 2.05) is 0 Å². The molecule has 2 aromatic heterocycles. The van der Waals surface area contributed by atoms with E-state index in [-0.39, 0.29) is 24.7 Å². The van der Waals surface area contributed by atoms with Crippen LogP contribution in [0.25, 0.3) is 0 Å². The summed E-state index contributed by atoms with van der Waals surface area (Å²) >= 11 is 0. The van der Waals surface area contributed by atoms with Crippen molar-refractivity contribution in [1.82, 2.24) is 14.9 Å². The van der Waals surface area contributed by atoms with Crippen LogP contribution in [0.15, 0.2) is 36.7 Å². The molecular weight excluding hydrogens is 323 g/mol. The molecule has 0 bridgehead atoms. The minimum atomic E-state index is -4.52. The molecule has 3 rings (SSSR count). The molecule has 1 aliphatic rings. The van der Waals surface area contributed by atoms with Gasteiger partial charge in [0.25, 0.3) is 0 Å². The van der Waals surface area contributed by atoms with Gasteiger partial charge in [0.05, 0.1) is 5.69 Å². The number of alkyl halides is 3. The first kappa shape index (κ1) is 16.2. The van der Waals surface area contributed by atoms with E-state index < -0.39 is 17.9 Å². The number of nitrogens with one attached hydrogen (secondary N) is 1. The maximum atomic E-state index is 12.6. The van der Waals surface area contributed by atoms with Crippen molar-refractivity contribution in [3.63, 3.8) is 0 Å². The van der Waals surface area contributed by atoms with Gasteiger partial charge in [-0.15, -0.1) is 0 Å². The summed E-state index contributed by atoms with van der Waals surface area (Å²) < 4.78 is 39.5. The standard InChI is InChI=1S/C16H14F3N3O2/c17-16(18,19)14-8-10(5-6-20-14)9-21-15(24)12-3-4-13(23)11-2-1-7-22(11)12/h1-2,5-8,12H,3-4,9H2,(H,21,24). The number of amides is 1. The lowest BCUT2D eigenvalue weighted by molar-refractivity contribution is -0.141. The lowest BCUT2D eigenvalue weighted by Gasteiger charge is -2.24. The number of nitrogens with zero attached hydrogens (tertiary/aromatic N) is 2. The maximum absolute atomic E-state index is 12.6. The van der Waals surface area contributed by atoms with Crippen molar-refractivity contribution in [3.05, 3.63) is 53.6 Å². The number of aromatic nitrogens is 2. The zero-order valence-corrected chi connectivity index (χ0v) is 12.5. The Morgan fingerprint density at radius 1 is 1.38 bits per heavy atom. The molecule has 0 saturated heterocycles. The quantitative estimate of drug-likeness (QED) is 0.937. The lowest BCUT2D eigenvalue weighted by Crippen LogP contribution is -2.35. The highest BCUT2D eigenvalue weighted by Crippen LogP contribution is 2.28. The SMILES string of the molecule is O=C1CCC(C(=O)NCc2ccnc(C(F)(F)F)c2)n2cccc21. The largest absolute Gasteiger partial charge is 0.433 e. The Kier molecular flexibility index (Phi) is 4.13. The predicted octanol–water partition coefficient (Wildman–Crippen LogP) is 2.74. The van der Waals surface area contributed by atoms with E-state index in [9.17, 15) is 22.8 Å². The summed E-state index contributed by atoms with van der Waals surface area (Å²) in [4.78, 5) is 27.4. The number of carbonyl (C=O) groups is 2. The van der Waals surface area contributed by atoms with Crippen molar-refractivity contribution in [1.29, 1.82) is 0 Å². The smallest absolute Gasteiger partial charge is 0.350 e. The molecule has 5 nitrogen and oxygen atoms in total. The number of rotatable bonds is 3. The molecule has 0 radical (unpaired) electrons. The summed E-state index contributed by atoms with van der Waals surface area (Å²) in [7, 11) is 0. The van der Waals surface area contributed by atoms with Crippen molar-refractivity contribution < 1.29 is 22.8 Å². The van der Waals surface area contributed by atoms with Crippen molar-refractivity contribution in [2.75, 3.05) is 0 Å². The van der Waals surface area contributed by atoms with E-state index in [1.54, 1.807) is 22.9 Å². The van der Waals surface area contributed by atoms with Crippen LogP contribution in [-0.2, 0) is 17.5 Å². The summed E-state index contributed by atoms with van der Waals surface area (Å²) in [6, 6.07) is 5.14. The van der Waals surface area contributed by atoms with E-state index >= 15 is 0 Å². The van der Waals surface area contributed by atoms with Crippen LogP contribution in [0.4, 0.5) is 13.2 Å². The summed E-state index contributed by atoms with van der Waals surface area (Å²) in [6.07, 6.45) is -1.16. The van der Waals surface area contributed by atoms with Crippen LogP contribution in [0.5, 0.6) is 0 Å². The summed E-state index contributed by atoms with van der Waals surface area (Å²) in [5.41, 5.74) is -0.208. The Morgan fingerprint density at radius 2 is 2.17 bits per heavy atom. The Morgan fingerprint density at radius 3 is 2.92 bits per heavy atom. The highest BCUT2D eigenvalue weighted by Gasteiger charge is 2.33. The van der Waals surface area contributed by atoms with Crippen molar-refractivity contribution in [2.24, 2.45) is 0 Å². The van der Waals surface area contributed by atoms with Crippen LogP contribution in [0, 0.1) is 0 Å². The molecule has 0 fully saturated rings. The fraction of sp³-hybridized carbons (Fsp3) is 0.312. The first-order valence-electron chi connectivity index (χ1n) is 7.36. The topological polar surface area (TPSA) is 64.0 Å². The molecule has 1 N–H and O–H groups in total. The van der Waals surface area contributed by atoms with Crippen LogP contribution in [0.3, 0.4) is 0 Å². The molecule has 0 aliphatic carbocycles. The van der Waals surface area contributed by atoms with Crippen molar-refractivity contribution in [2.45, 2.75) is 31.6 Å². The van der Waals surface area contributed by atoms with Gasteiger partial charge in [-0.3, -0.25) is 14.6 Å². The van der Waals surface area contributed by atoms with E-state index in [1.165, 1.54) is 6.07 Å². The number of pyridine rings is 1. The average Bonchev–Trinajstić information content (AvgIpc) is 3.03. The molecule has 0 spiro atoms. The number of hydrogen-bond donors (Lipinski definition) is 1. The van der Waals surface area contributed by atoms with Crippen molar-refractivity contribution >= 4 is 11.7 Å². The third-order valence-electron chi connectivity index (χ3n) is 3.93.